The summed E-state index contributed by atoms with van der Waals surface area (Å²) in [6.45, 7) is 12.1. The van der Waals surface area contributed by atoms with Gasteiger partial charge in [-0.2, -0.15) is 0 Å². The van der Waals surface area contributed by atoms with Gasteiger partial charge in [0, 0.05) is 56.9 Å². The number of aryl methyl sites for hydroxylation is 1. The zero-order valence-corrected chi connectivity index (χ0v) is 19.5. The summed E-state index contributed by atoms with van der Waals surface area (Å²) in [5.41, 5.74) is 3.27. The Labute approximate surface area is 190 Å². The molecule has 3 heterocycles. The molecule has 0 bridgehead atoms. The van der Waals surface area contributed by atoms with E-state index in [0.29, 0.717) is 5.11 Å². The number of likely N-dealkylation sites (N-methyl/N-ethyl adjacent to an activating group) is 1. The molecule has 8 heteroatoms. The number of rotatable bonds is 6. The molecule has 168 valence electrons. The summed E-state index contributed by atoms with van der Waals surface area (Å²) in [5, 5.41) is 8.48. The van der Waals surface area contributed by atoms with Gasteiger partial charge in [-0.15, -0.1) is 0 Å². The third kappa shape index (κ3) is 6.04. The van der Waals surface area contributed by atoms with Gasteiger partial charge >= 0.3 is 0 Å². The van der Waals surface area contributed by atoms with Crippen molar-refractivity contribution in [2.75, 3.05) is 82.8 Å². The average molecular weight is 443 g/mol. The molecule has 2 aliphatic rings. The van der Waals surface area contributed by atoms with E-state index in [4.69, 9.17) is 21.9 Å². The Kier molecular flexibility index (Phi) is 7.55. The number of benzene rings is 1. The zero-order chi connectivity index (χ0) is 21.6. The van der Waals surface area contributed by atoms with Crippen molar-refractivity contribution in [1.29, 1.82) is 0 Å². The Morgan fingerprint density at radius 2 is 1.87 bits per heavy atom. The third-order valence-electron chi connectivity index (χ3n) is 6.13. The van der Waals surface area contributed by atoms with Crippen molar-refractivity contribution >= 4 is 39.7 Å². The van der Waals surface area contributed by atoms with Gasteiger partial charge in [-0.05, 0) is 69.0 Å². The van der Waals surface area contributed by atoms with Crippen molar-refractivity contribution in [3.63, 3.8) is 0 Å². The van der Waals surface area contributed by atoms with E-state index in [1.807, 2.05) is 0 Å². The van der Waals surface area contributed by atoms with Crippen LogP contribution >= 0.6 is 12.2 Å². The van der Waals surface area contributed by atoms with Gasteiger partial charge in [-0.25, -0.2) is 4.98 Å². The summed E-state index contributed by atoms with van der Waals surface area (Å²) in [7, 11) is 2.17. The number of anilines is 2. The fourth-order valence-electron chi connectivity index (χ4n) is 4.16. The van der Waals surface area contributed by atoms with Crippen LogP contribution in [0.2, 0.25) is 0 Å². The van der Waals surface area contributed by atoms with E-state index in [0.717, 1.165) is 94.4 Å². The normalized spacial score (nSPS) is 18.3. The Morgan fingerprint density at radius 1 is 1.10 bits per heavy atom. The number of nitrogens with one attached hydrogen (secondary N) is 2. The van der Waals surface area contributed by atoms with E-state index in [2.05, 4.69) is 63.6 Å². The van der Waals surface area contributed by atoms with Crippen LogP contribution in [0.1, 0.15) is 12.0 Å². The maximum Gasteiger partial charge on any atom is 0.170 e. The Morgan fingerprint density at radius 3 is 2.65 bits per heavy atom. The molecule has 0 amide bonds. The molecule has 2 aliphatic heterocycles. The molecule has 2 fully saturated rings. The molecule has 0 radical (unpaired) electrons. The van der Waals surface area contributed by atoms with Gasteiger partial charge in [-0.3, -0.25) is 4.90 Å². The van der Waals surface area contributed by atoms with Crippen LogP contribution in [-0.2, 0) is 4.74 Å². The lowest BCUT2D eigenvalue weighted by molar-refractivity contribution is 0.0376. The van der Waals surface area contributed by atoms with Crippen LogP contribution in [0, 0.1) is 6.92 Å². The monoisotopic (exact) mass is 442 g/mol. The molecule has 2 N–H and O–H groups in total. The highest BCUT2D eigenvalue weighted by molar-refractivity contribution is 7.80. The predicted molar refractivity (Wildman–Crippen MR) is 132 cm³/mol. The van der Waals surface area contributed by atoms with Crippen LogP contribution in [0.3, 0.4) is 0 Å². The number of pyridine rings is 1. The number of piperazine rings is 1. The fraction of sp³-hybridized carbons (Fsp3) is 0.565. The molecule has 0 atom stereocenters. The molecular weight excluding hydrogens is 408 g/mol. The molecule has 2 saturated heterocycles. The van der Waals surface area contributed by atoms with Crippen molar-refractivity contribution in [3.8, 4) is 0 Å². The molecule has 31 heavy (non-hydrogen) atoms. The first-order valence-electron chi connectivity index (χ1n) is 11.3. The molecule has 7 nitrogen and oxygen atoms in total. The van der Waals surface area contributed by atoms with Crippen molar-refractivity contribution < 1.29 is 4.74 Å². The number of thiocarbonyl (C=S) groups is 1. The molecule has 0 unspecified atom stereocenters. The van der Waals surface area contributed by atoms with Gasteiger partial charge in [0.2, 0.25) is 0 Å². The molecule has 0 saturated carbocycles. The number of fused-ring (bicyclic) bond motifs is 1. The molecular formula is C23H34N6OS. The highest BCUT2D eigenvalue weighted by Crippen LogP contribution is 2.26. The summed E-state index contributed by atoms with van der Waals surface area (Å²) in [6.07, 6.45) is 1.07. The van der Waals surface area contributed by atoms with Gasteiger partial charge in [-0.1, -0.05) is 0 Å². The van der Waals surface area contributed by atoms with Crippen LogP contribution < -0.4 is 15.5 Å². The van der Waals surface area contributed by atoms with Gasteiger partial charge in [0.05, 0.1) is 18.7 Å². The Hall–Kier alpha value is -2.00. The zero-order valence-electron chi connectivity index (χ0n) is 18.7. The second-order valence-corrected chi connectivity index (χ2v) is 8.92. The Bertz CT molecular complexity index is 893. The average Bonchev–Trinajstić information content (AvgIpc) is 2.78. The van der Waals surface area contributed by atoms with E-state index in [-0.39, 0.29) is 0 Å². The quantitative estimate of drug-likeness (QED) is 0.522. The van der Waals surface area contributed by atoms with Crippen molar-refractivity contribution in [2.24, 2.45) is 0 Å². The van der Waals surface area contributed by atoms with Crippen LogP contribution in [0.25, 0.3) is 10.9 Å². The second kappa shape index (κ2) is 10.5. The first-order valence-corrected chi connectivity index (χ1v) is 11.7. The summed E-state index contributed by atoms with van der Waals surface area (Å²) >= 11 is 5.50. The van der Waals surface area contributed by atoms with Crippen LogP contribution in [0.4, 0.5) is 11.5 Å². The lowest BCUT2D eigenvalue weighted by Gasteiger charge is -2.33. The molecule has 1 aromatic carbocycles. The summed E-state index contributed by atoms with van der Waals surface area (Å²) in [6, 6.07) is 8.50. The van der Waals surface area contributed by atoms with Gasteiger partial charge in [0.25, 0.3) is 0 Å². The lowest BCUT2D eigenvalue weighted by atomic mass is 10.1. The maximum absolute atomic E-state index is 5.50. The largest absolute Gasteiger partial charge is 0.379 e. The summed E-state index contributed by atoms with van der Waals surface area (Å²) in [4.78, 5) is 12.1. The van der Waals surface area contributed by atoms with Gasteiger partial charge in [0.1, 0.15) is 5.82 Å². The first-order chi connectivity index (χ1) is 15.1. The number of hydrogen-bond donors (Lipinski definition) is 2. The molecule has 4 rings (SSSR count). The summed E-state index contributed by atoms with van der Waals surface area (Å²) in [5.74, 6) is 1.08. The van der Waals surface area contributed by atoms with E-state index in [1.54, 1.807) is 0 Å². The lowest BCUT2D eigenvalue weighted by Crippen LogP contribution is -2.44. The second-order valence-electron chi connectivity index (χ2n) is 8.51. The minimum atomic E-state index is 0.668. The number of ether oxygens (including phenoxy) is 1. The maximum atomic E-state index is 5.50. The van der Waals surface area contributed by atoms with E-state index < -0.39 is 0 Å². The van der Waals surface area contributed by atoms with Crippen molar-refractivity contribution in [1.82, 2.24) is 20.1 Å². The van der Waals surface area contributed by atoms with Crippen LogP contribution in [0.5, 0.6) is 0 Å². The minimum Gasteiger partial charge on any atom is -0.379 e. The molecule has 1 aromatic heterocycles. The summed E-state index contributed by atoms with van der Waals surface area (Å²) < 4.78 is 5.39. The predicted octanol–water partition coefficient (Wildman–Crippen LogP) is 2.30. The Balaban J connectivity index is 1.31. The fourth-order valence-corrected chi connectivity index (χ4v) is 4.38. The van der Waals surface area contributed by atoms with E-state index >= 15 is 0 Å². The topological polar surface area (TPSA) is 55.9 Å². The molecule has 2 aromatic rings. The number of hydrogen-bond acceptors (Lipinski definition) is 6. The van der Waals surface area contributed by atoms with E-state index in [1.165, 1.54) is 5.56 Å². The number of morpholine rings is 1. The standard InChI is InChI=1S/C23H34N6OS/c1-18-16-22(29-10-8-27(2)9-11-29)26-21-5-4-19(17-20(18)21)25-23(31)24-6-3-7-28-12-14-30-15-13-28/h4-5,16-17H,3,6-15H2,1-2H3,(H2,24,25,31). The smallest absolute Gasteiger partial charge is 0.170 e. The SMILES string of the molecule is Cc1cc(N2CCN(C)CC2)nc2ccc(NC(=S)NCCCN3CCOCC3)cc12. The van der Waals surface area contributed by atoms with Gasteiger partial charge in [0.15, 0.2) is 5.11 Å². The van der Waals surface area contributed by atoms with Crippen LogP contribution in [0.15, 0.2) is 24.3 Å². The highest BCUT2D eigenvalue weighted by Gasteiger charge is 2.16. The molecule has 0 aliphatic carbocycles. The highest BCUT2D eigenvalue weighted by atomic mass is 32.1. The van der Waals surface area contributed by atoms with Crippen LogP contribution in [-0.4, -0.2) is 92.5 Å². The van der Waals surface area contributed by atoms with E-state index in [9.17, 15) is 0 Å². The first kappa shape index (κ1) is 22.2. The van der Waals surface area contributed by atoms with Crippen molar-refractivity contribution in [2.45, 2.75) is 13.3 Å². The molecule has 0 spiro atoms. The minimum absolute atomic E-state index is 0.668. The third-order valence-corrected chi connectivity index (χ3v) is 6.37. The van der Waals surface area contributed by atoms with Crippen molar-refractivity contribution in [3.05, 3.63) is 29.8 Å². The number of aromatic nitrogens is 1. The number of nitrogens with zero attached hydrogens (tertiary/aromatic N) is 4. The van der Waals surface area contributed by atoms with Gasteiger partial charge < -0.3 is 25.2 Å².